The summed E-state index contributed by atoms with van der Waals surface area (Å²) in [5.41, 5.74) is 8.08. The minimum absolute atomic E-state index is 0.538. The number of hydrogen-bond acceptors (Lipinski definition) is 3. The van der Waals surface area contributed by atoms with E-state index in [1.54, 1.807) is 12.1 Å². The van der Waals surface area contributed by atoms with Crippen molar-refractivity contribution in [1.82, 2.24) is 4.98 Å². The molecule has 0 amide bonds. The number of aromatic nitrogens is 1. The Hall–Kier alpha value is -1.90. The van der Waals surface area contributed by atoms with E-state index in [1.165, 1.54) is 0 Å². The van der Waals surface area contributed by atoms with Crippen molar-refractivity contribution in [3.63, 3.8) is 0 Å². The molecule has 0 fully saturated rings. The zero-order chi connectivity index (χ0) is 10.1. The first-order valence-electron chi connectivity index (χ1n) is 4.33. The molecule has 2 aromatic rings. The summed E-state index contributed by atoms with van der Waals surface area (Å²) in [5, 5.41) is 0.946. The van der Waals surface area contributed by atoms with Crippen LogP contribution in [0.1, 0.15) is 15.9 Å². The first kappa shape index (κ1) is 8.69. The number of rotatable bonds is 1. The van der Waals surface area contributed by atoms with Crippen molar-refractivity contribution in [1.29, 1.82) is 0 Å². The predicted octanol–water partition coefficient (Wildman–Crippen LogP) is 1.94. The number of fused-ring (bicyclic) bond motifs is 1. The Bertz CT molecular complexity index is 506. The lowest BCUT2D eigenvalue weighted by atomic mass is 10.1. The topological polar surface area (TPSA) is 56.0 Å². The molecule has 0 bridgehead atoms. The maximum Gasteiger partial charge on any atom is 0.150 e. The lowest BCUT2D eigenvalue weighted by molar-refractivity contribution is 0.112. The molecule has 0 atom stereocenters. The number of pyridine rings is 1. The Balaban J connectivity index is 2.76. The summed E-state index contributed by atoms with van der Waals surface area (Å²) >= 11 is 0. The highest BCUT2D eigenvalue weighted by atomic mass is 16.1. The molecule has 1 heterocycles. The van der Waals surface area contributed by atoms with Gasteiger partial charge < -0.3 is 5.73 Å². The molecule has 0 saturated heterocycles. The van der Waals surface area contributed by atoms with Crippen LogP contribution in [0.3, 0.4) is 0 Å². The Morgan fingerprint density at radius 2 is 2.14 bits per heavy atom. The van der Waals surface area contributed by atoms with Crippen LogP contribution in [0, 0.1) is 6.92 Å². The van der Waals surface area contributed by atoms with Crippen molar-refractivity contribution in [2.45, 2.75) is 6.92 Å². The van der Waals surface area contributed by atoms with Crippen molar-refractivity contribution in [3.8, 4) is 0 Å². The van der Waals surface area contributed by atoms with E-state index in [0.29, 0.717) is 11.4 Å². The lowest BCUT2D eigenvalue weighted by Gasteiger charge is -2.02. The fourth-order valence-corrected chi connectivity index (χ4v) is 1.39. The largest absolute Gasteiger partial charge is 0.383 e. The van der Waals surface area contributed by atoms with E-state index >= 15 is 0 Å². The lowest BCUT2D eigenvalue weighted by Crippen LogP contribution is -1.94. The minimum Gasteiger partial charge on any atom is -0.383 e. The Labute approximate surface area is 81.6 Å². The maximum atomic E-state index is 10.6. The van der Waals surface area contributed by atoms with Gasteiger partial charge in [0.15, 0.2) is 0 Å². The molecule has 0 aliphatic carbocycles. The van der Waals surface area contributed by atoms with E-state index in [-0.39, 0.29) is 0 Å². The first-order valence-corrected chi connectivity index (χ1v) is 4.33. The van der Waals surface area contributed by atoms with Crippen LogP contribution in [0.15, 0.2) is 24.3 Å². The van der Waals surface area contributed by atoms with E-state index in [9.17, 15) is 4.79 Å². The van der Waals surface area contributed by atoms with Crippen LogP contribution in [0.2, 0.25) is 0 Å². The molecule has 1 aromatic heterocycles. The molecule has 2 rings (SSSR count). The summed E-state index contributed by atoms with van der Waals surface area (Å²) in [7, 11) is 0. The molecule has 0 unspecified atom stereocenters. The number of aldehydes is 1. The Morgan fingerprint density at radius 1 is 1.36 bits per heavy atom. The van der Waals surface area contributed by atoms with Gasteiger partial charge in [0.05, 0.1) is 5.52 Å². The number of hydrogen-bond donors (Lipinski definition) is 1. The van der Waals surface area contributed by atoms with Gasteiger partial charge in [-0.3, -0.25) is 4.79 Å². The molecule has 1 aromatic carbocycles. The van der Waals surface area contributed by atoms with E-state index in [0.717, 1.165) is 22.8 Å². The van der Waals surface area contributed by atoms with Gasteiger partial charge in [-0.1, -0.05) is 0 Å². The third-order valence-corrected chi connectivity index (χ3v) is 2.20. The van der Waals surface area contributed by atoms with Crippen molar-refractivity contribution < 1.29 is 4.79 Å². The average Bonchev–Trinajstić information content (AvgIpc) is 2.19. The molecule has 0 aliphatic rings. The summed E-state index contributed by atoms with van der Waals surface area (Å²) in [6.07, 6.45) is 0.825. The fraction of sp³-hybridized carbons (Fsp3) is 0.0909. The molecule has 2 N–H and O–H groups in total. The van der Waals surface area contributed by atoms with Crippen molar-refractivity contribution >= 4 is 23.0 Å². The van der Waals surface area contributed by atoms with Crippen LogP contribution in [-0.4, -0.2) is 11.3 Å². The fourth-order valence-electron chi connectivity index (χ4n) is 1.39. The average molecular weight is 186 g/mol. The third-order valence-electron chi connectivity index (χ3n) is 2.20. The van der Waals surface area contributed by atoms with E-state index < -0.39 is 0 Å². The molecular weight excluding hydrogens is 176 g/mol. The van der Waals surface area contributed by atoms with Gasteiger partial charge in [0, 0.05) is 10.9 Å². The van der Waals surface area contributed by atoms with E-state index in [1.807, 2.05) is 19.1 Å². The van der Waals surface area contributed by atoms with E-state index in [4.69, 9.17) is 5.73 Å². The molecular formula is C11H10N2O. The second-order valence-corrected chi connectivity index (χ2v) is 3.26. The highest BCUT2D eigenvalue weighted by Crippen LogP contribution is 2.18. The number of nitrogen functional groups attached to an aromatic ring is 1. The Morgan fingerprint density at radius 3 is 2.86 bits per heavy atom. The van der Waals surface area contributed by atoms with Gasteiger partial charge in [-0.05, 0) is 36.8 Å². The molecule has 0 saturated carbocycles. The molecule has 0 radical (unpaired) electrons. The van der Waals surface area contributed by atoms with Crippen LogP contribution in [-0.2, 0) is 0 Å². The molecule has 70 valence electrons. The van der Waals surface area contributed by atoms with Crippen molar-refractivity contribution in [2.24, 2.45) is 0 Å². The SMILES string of the molecule is Cc1cc2cc(C=O)ccc2nc1N. The first-order chi connectivity index (χ1) is 6.70. The van der Waals surface area contributed by atoms with Crippen LogP contribution in [0.5, 0.6) is 0 Å². The summed E-state index contributed by atoms with van der Waals surface area (Å²) in [6, 6.07) is 7.28. The van der Waals surface area contributed by atoms with Gasteiger partial charge in [0.1, 0.15) is 12.1 Å². The van der Waals surface area contributed by atoms with Crippen molar-refractivity contribution in [2.75, 3.05) is 5.73 Å². The molecule has 3 nitrogen and oxygen atoms in total. The normalized spacial score (nSPS) is 10.4. The quantitative estimate of drug-likeness (QED) is 0.692. The van der Waals surface area contributed by atoms with Gasteiger partial charge in [-0.2, -0.15) is 0 Å². The van der Waals surface area contributed by atoms with Crippen LogP contribution >= 0.6 is 0 Å². The number of aryl methyl sites for hydroxylation is 1. The molecule has 0 aliphatic heterocycles. The van der Waals surface area contributed by atoms with Gasteiger partial charge >= 0.3 is 0 Å². The van der Waals surface area contributed by atoms with Gasteiger partial charge in [0.25, 0.3) is 0 Å². The number of benzene rings is 1. The predicted molar refractivity (Wildman–Crippen MR) is 56.3 cm³/mol. The number of carbonyl (C=O) groups is 1. The smallest absolute Gasteiger partial charge is 0.150 e. The zero-order valence-electron chi connectivity index (χ0n) is 7.82. The van der Waals surface area contributed by atoms with Crippen LogP contribution in [0.4, 0.5) is 5.82 Å². The number of nitrogens with zero attached hydrogens (tertiary/aromatic N) is 1. The van der Waals surface area contributed by atoms with E-state index in [2.05, 4.69) is 4.98 Å². The molecule has 3 heteroatoms. The third kappa shape index (κ3) is 1.33. The van der Waals surface area contributed by atoms with Crippen molar-refractivity contribution in [3.05, 3.63) is 35.4 Å². The highest BCUT2D eigenvalue weighted by Gasteiger charge is 2.00. The van der Waals surface area contributed by atoms with Gasteiger partial charge in [-0.15, -0.1) is 0 Å². The standard InChI is InChI=1S/C11H10N2O/c1-7-4-9-5-8(6-14)2-3-10(9)13-11(7)12/h2-6H,1H3,(H2,12,13). The van der Waals surface area contributed by atoms with Gasteiger partial charge in [0.2, 0.25) is 0 Å². The summed E-state index contributed by atoms with van der Waals surface area (Å²) in [5.74, 6) is 0.538. The monoisotopic (exact) mass is 186 g/mol. The second kappa shape index (κ2) is 3.10. The van der Waals surface area contributed by atoms with Gasteiger partial charge in [-0.25, -0.2) is 4.98 Å². The Kier molecular flexibility index (Phi) is 1.93. The summed E-state index contributed by atoms with van der Waals surface area (Å²) < 4.78 is 0. The number of nitrogens with two attached hydrogens (primary N) is 1. The molecule has 14 heavy (non-hydrogen) atoms. The summed E-state index contributed by atoms with van der Waals surface area (Å²) in [6.45, 7) is 1.90. The summed E-state index contributed by atoms with van der Waals surface area (Å²) in [4.78, 5) is 14.8. The van der Waals surface area contributed by atoms with Crippen LogP contribution in [0.25, 0.3) is 10.9 Å². The minimum atomic E-state index is 0.538. The zero-order valence-corrected chi connectivity index (χ0v) is 7.82. The highest BCUT2D eigenvalue weighted by molar-refractivity contribution is 5.88. The number of anilines is 1. The second-order valence-electron chi connectivity index (χ2n) is 3.26. The number of carbonyl (C=O) groups excluding carboxylic acids is 1. The maximum absolute atomic E-state index is 10.6. The molecule has 0 spiro atoms. The van der Waals surface area contributed by atoms with Crippen LogP contribution < -0.4 is 5.73 Å².